The van der Waals surface area contributed by atoms with E-state index in [0.717, 1.165) is 17.9 Å². The lowest BCUT2D eigenvalue weighted by atomic mass is 9.71. The molecule has 0 aliphatic heterocycles. The van der Waals surface area contributed by atoms with Crippen molar-refractivity contribution in [3.63, 3.8) is 0 Å². The van der Waals surface area contributed by atoms with Gasteiger partial charge in [-0.15, -0.1) is 0 Å². The van der Waals surface area contributed by atoms with Gasteiger partial charge in [-0.25, -0.2) is 0 Å². The molecule has 1 nitrogen and oxygen atoms in total. The first-order valence-corrected chi connectivity index (χ1v) is 8.30. The Kier molecular flexibility index (Phi) is 5.12. The van der Waals surface area contributed by atoms with Crippen LogP contribution in [0.1, 0.15) is 78.6 Å². The average Bonchev–Trinajstić information content (AvgIpc) is 2.37. The van der Waals surface area contributed by atoms with Gasteiger partial charge in [-0.05, 0) is 30.1 Å². The van der Waals surface area contributed by atoms with Gasteiger partial charge in [-0.3, -0.25) is 0 Å². The first-order valence-electron chi connectivity index (χ1n) is 8.30. The minimum Gasteiger partial charge on any atom is -0.313 e. The van der Waals surface area contributed by atoms with E-state index >= 15 is 0 Å². The fourth-order valence-corrected chi connectivity index (χ4v) is 3.98. The van der Waals surface area contributed by atoms with Crippen LogP contribution in [0.2, 0.25) is 0 Å². The predicted octanol–water partition coefficient (Wildman–Crippen LogP) is 4.76. The van der Waals surface area contributed by atoms with Gasteiger partial charge in [0.15, 0.2) is 0 Å². The molecule has 0 aromatic carbocycles. The second-order valence-corrected chi connectivity index (χ2v) is 7.89. The molecule has 2 aliphatic rings. The molecule has 0 heterocycles. The Morgan fingerprint density at radius 2 is 1.44 bits per heavy atom. The molecule has 0 aromatic heterocycles. The summed E-state index contributed by atoms with van der Waals surface area (Å²) in [7, 11) is 0. The molecule has 2 aliphatic carbocycles. The molecule has 2 atom stereocenters. The SMILES string of the molecule is CC(C)(C)CNC1CCCCC1C1CCCCC1. The van der Waals surface area contributed by atoms with Crippen LogP contribution in [0, 0.1) is 17.3 Å². The van der Waals surface area contributed by atoms with Gasteiger partial charge >= 0.3 is 0 Å². The van der Waals surface area contributed by atoms with E-state index in [-0.39, 0.29) is 0 Å². The van der Waals surface area contributed by atoms with Gasteiger partial charge in [-0.1, -0.05) is 65.7 Å². The van der Waals surface area contributed by atoms with Crippen LogP contribution in [0.3, 0.4) is 0 Å². The molecule has 0 aromatic rings. The van der Waals surface area contributed by atoms with Gasteiger partial charge in [0, 0.05) is 12.6 Å². The Balaban J connectivity index is 1.88. The first-order chi connectivity index (χ1) is 8.56. The Morgan fingerprint density at radius 1 is 0.833 bits per heavy atom. The molecule has 0 saturated heterocycles. The highest BCUT2D eigenvalue weighted by Gasteiger charge is 2.32. The van der Waals surface area contributed by atoms with Gasteiger partial charge in [0.2, 0.25) is 0 Å². The zero-order valence-corrected chi connectivity index (χ0v) is 12.8. The summed E-state index contributed by atoms with van der Waals surface area (Å²) < 4.78 is 0. The van der Waals surface area contributed by atoms with Gasteiger partial charge in [0.25, 0.3) is 0 Å². The predicted molar refractivity (Wildman–Crippen MR) is 79.8 cm³/mol. The Morgan fingerprint density at radius 3 is 2.11 bits per heavy atom. The molecule has 0 amide bonds. The molecule has 0 bridgehead atoms. The van der Waals surface area contributed by atoms with Gasteiger partial charge in [0.05, 0.1) is 0 Å². The molecule has 0 radical (unpaired) electrons. The summed E-state index contributed by atoms with van der Waals surface area (Å²) in [4.78, 5) is 0. The van der Waals surface area contributed by atoms with Crippen LogP contribution in [0.25, 0.3) is 0 Å². The van der Waals surface area contributed by atoms with E-state index in [4.69, 9.17) is 0 Å². The lowest BCUT2D eigenvalue weighted by Crippen LogP contribution is -2.45. The van der Waals surface area contributed by atoms with Crippen LogP contribution < -0.4 is 5.32 Å². The van der Waals surface area contributed by atoms with Crippen LogP contribution in [-0.2, 0) is 0 Å². The summed E-state index contributed by atoms with van der Waals surface area (Å²) in [5.74, 6) is 2.03. The maximum atomic E-state index is 3.91. The summed E-state index contributed by atoms with van der Waals surface area (Å²) in [6.07, 6.45) is 13.4. The maximum Gasteiger partial charge on any atom is 0.00981 e. The molecule has 1 N–H and O–H groups in total. The Bertz CT molecular complexity index is 234. The molecule has 2 saturated carbocycles. The second-order valence-electron chi connectivity index (χ2n) is 7.89. The minimum absolute atomic E-state index is 0.425. The van der Waals surface area contributed by atoms with Gasteiger partial charge < -0.3 is 5.32 Å². The smallest absolute Gasteiger partial charge is 0.00981 e. The minimum atomic E-state index is 0.425. The molecule has 2 unspecified atom stereocenters. The summed E-state index contributed by atoms with van der Waals surface area (Å²) >= 11 is 0. The van der Waals surface area contributed by atoms with E-state index in [2.05, 4.69) is 26.1 Å². The number of hydrogen-bond donors (Lipinski definition) is 1. The molecule has 106 valence electrons. The molecule has 1 heteroatoms. The van der Waals surface area contributed by atoms with Crippen molar-refractivity contribution in [2.24, 2.45) is 17.3 Å². The highest BCUT2D eigenvalue weighted by molar-refractivity contribution is 4.87. The van der Waals surface area contributed by atoms with Crippen molar-refractivity contribution < 1.29 is 0 Å². The highest BCUT2D eigenvalue weighted by atomic mass is 14.9. The van der Waals surface area contributed by atoms with E-state index in [1.807, 2.05) is 0 Å². The Labute approximate surface area is 114 Å². The van der Waals surface area contributed by atoms with Crippen LogP contribution >= 0.6 is 0 Å². The summed E-state index contributed by atoms with van der Waals surface area (Å²) in [5.41, 5.74) is 0.425. The van der Waals surface area contributed by atoms with Crippen LogP contribution in [0.15, 0.2) is 0 Å². The lowest BCUT2D eigenvalue weighted by molar-refractivity contribution is 0.142. The number of nitrogens with one attached hydrogen (secondary N) is 1. The fourth-order valence-electron chi connectivity index (χ4n) is 3.98. The normalized spacial score (nSPS) is 31.5. The van der Waals surface area contributed by atoms with Crippen molar-refractivity contribution in [3.8, 4) is 0 Å². The molecular formula is C17H33N. The topological polar surface area (TPSA) is 12.0 Å². The zero-order chi connectivity index (χ0) is 13.0. The molecule has 18 heavy (non-hydrogen) atoms. The third kappa shape index (κ3) is 4.26. The van der Waals surface area contributed by atoms with Crippen molar-refractivity contribution >= 4 is 0 Å². The van der Waals surface area contributed by atoms with Crippen LogP contribution in [0.5, 0.6) is 0 Å². The van der Waals surface area contributed by atoms with Crippen molar-refractivity contribution in [1.29, 1.82) is 0 Å². The zero-order valence-electron chi connectivity index (χ0n) is 12.8. The molecule has 2 rings (SSSR count). The van der Waals surface area contributed by atoms with E-state index in [1.54, 1.807) is 0 Å². The fraction of sp³-hybridized carbons (Fsp3) is 1.00. The Hall–Kier alpha value is -0.0400. The number of rotatable bonds is 3. The molecule has 0 spiro atoms. The van der Waals surface area contributed by atoms with Gasteiger partial charge in [0.1, 0.15) is 0 Å². The van der Waals surface area contributed by atoms with E-state index in [9.17, 15) is 0 Å². The van der Waals surface area contributed by atoms with Crippen molar-refractivity contribution in [1.82, 2.24) is 5.32 Å². The standard InChI is InChI=1S/C17H33N/c1-17(2,3)13-18-16-12-8-7-11-15(16)14-9-5-4-6-10-14/h14-16,18H,4-13H2,1-3H3. The monoisotopic (exact) mass is 251 g/mol. The van der Waals surface area contributed by atoms with Crippen molar-refractivity contribution in [3.05, 3.63) is 0 Å². The summed E-state index contributed by atoms with van der Waals surface area (Å²) in [6, 6.07) is 0.820. The number of hydrogen-bond acceptors (Lipinski definition) is 1. The summed E-state index contributed by atoms with van der Waals surface area (Å²) in [6.45, 7) is 8.22. The quantitative estimate of drug-likeness (QED) is 0.762. The highest BCUT2D eigenvalue weighted by Crippen LogP contribution is 2.38. The van der Waals surface area contributed by atoms with Crippen LogP contribution in [-0.4, -0.2) is 12.6 Å². The van der Waals surface area contributed by atoms with E-state index < -0.39 is 0 Å². The molecule has 2 fully saturated rings. The maximum absolute atomic E-state index is 3.91. The second kappa shape index (κ2) is 6.41. The van der Waals surface area contributed by atoms with Crippen LogP contribution in [0.4, 0.5) is 0 Å². The molecular weight excluding hydrogens is 218 g/mol. The largest absolute Gasteiger partial charge is 0.313 e. The third-order valence-electron chi connectivity index (χ3n) is 4.97. The van der Waals surface area contributed by atoms with Crippen molar-refractivity contribution in [2.45, 2.75) is 84.6 Å². The van der Waals surface area contributed by atoms with E-state index in [1.165, 1.54) is 64.3 Å². The lowest BCUT2D eigenvalue weighted by Gasteiger charge is -2.40. The van der Waals surface area contributed by atoms with E-state index in [0.29, 0.717) is 5.41 Å². The van der Waals surface area contributed by atoms with Crippen molar-refractivity contribution in [2.75, 3.05) is 6.54 Å². The third-order valence-corrected chi connectivity index (χ3v) is 4.97. The first kappa shape index (κ1) is 14.4. The average molecular weight is 251 g/mol. The summed E-state index contributed by atoms with van der Waals surface area (Å²) in [5, 5.41) is 3.91. The van der Waals surface area contributed by atoms with Gasteiger partial charge in [-0.2, -0.15) is 0 Å².